The number of carboxylic acids is 1. The van der Waals surface area contributed by atoms with Crippen LogP contribution in [0.3, 0.4) is 0 Å². The summed E-state index contributed by atoms with van der Waals surface area (Å²) in [5.41, 5.74) is 2.57. The Hall–Kier alpha value is -3.17. The van der Waals surface area contributed by atoms with Gasteiger partial charge in [0, 0.05) is 49.7 Å². The number of carbonyl (C=O) groups excluding carboxylic acids is 1. The molecular formula is C33H40F3NO5. The van der Waals surface area contributed by atoms with Crippen LogP contribution in [0.1, 0.15) is 82.0 Å². The highest BCUT2D eigenvalue weighted by Crippen LogP contribution is 2.50. The fraction of sp³-hybridized carbons (Fsp3) is 0.515. The van der Waals surface area contributed by atoms with E-state index in [-0.39, 0.29) is 55.9 Å². The van der Waals surface area contributed by atoms with Gasteiger partial charge in [-0.2, -0.15) is 0 Å². The second kappa shape index (κ2) is 13.9. The van der Waals surface area contributed by atoms with E-state index in [2.05, 4.69) is 0 Å². The first-order valence-electron chi connectivity index (χ1n) is 14.6. The van der Waals surface area contributed by atoms with Crippen molar-refractivity contribution in [2.24, 2.45) is 0 Å². The van der Waals surface area contributed by atoms with Crippen molar-refractivity contribution in [3.05, 3.63) is 70.3 Å². The van der Waals surface area contributed by atoms with Gasteiger partial charge in [0.1, 0.15) is 35.4 Å². The average Bonchev–Trinajstić information content (AvgIpc) is 3.27. The average molecular weight is 588 g/mol. The van der Waals surface area contributed by atoms with Gasteiger partial charge in [-0.1, -0.05) is 24.3 Å². The monoisotopic (exact) mass is 587 g/mol. The lowest BCUT2D eigenvalue weighted by atomic mass is 9.84. The van der Waals surface area contributed by atoms with Gasteiger partial charge in [0.15, 0.2) is 0 Å². The molecular weight excluding hydrogens is 547 g/mol. The van der Waals surface area contributed by atoms with Gasteiger partial charge in [-0.25, -0.2) is 18.0 Å². The summed E-state index contributed by atoms with van der Waals surface area (Å²) in [6, 6.07) is 9.49. The fourth-order valence-corrected chi connectivity index (χ4v) is 6.02. The summed E-state index contributed by atoms with van der Waals surface area (Å²) >= 11 is 0. The molecule has 2 aromatic carbocycles. The number of ether oxygens (including phenoxy) is 2. The largest absolute Gasteiger partial charge is 0.493 e. The highest BCUT2D eigenvalue weighted by molar-refractivity contribution is 5.79. The quantitative estimate of drug-likeness (QED) is 0.230. The number of hydrogen-bond donors (Lipinski definition) is 1. The molecule has 2 aliphatic rings. The molecule has 4 rings (SSSR count). The number of Topliss-reactive ketones (excluding diaryl/α,β-unsaturated/α-hetero) is 1. The number of unbranched alkanes of at least 4 members (excludes halogenated alkanes) is 1. The summed E-state index contributed by atoms with van der Waals surface area (Å²) in [5.74, 6) is -2.43. The van der Waals surface area contributed by atoms with Crippen LogP contribution in [0.15, 0.2) is 42.0 Å². The molecule has 42 heavy (non-hydrogen) atoms. The van der Waals surface area contributed by atoms with Crippen molar-refractivity contribution in [3.63, 3.8) is 0 Å². The first-order valence-corrected chi connectivity index (χ1v) is 14.6. The third kappa shape index (κ3) is 8.01. The first kappa shape index (κ1) is 31.8. The number of rotatable bonds is 15. The van der Waals surface area contributed by atoms with Crippen molar-refractivity contribution in [3.8, 4) is 5.75 Å². The minimum Gasteiger partial charge on any atom is -0.493 e. The Morgan fingerprint density at radius 3 is 2.43 bits per heavy atom. The van der Waals surface area contributed by atoms with Gasteiger partial charge in [-0.05, 0) is 75.1 Å². The van der Waals surface area contributed by atoms with Gasteiger partial charge in [0.25, 0.3) is 0 Å². The van der Waals surface area contributed by atoms with Crippen molar-refractivity contribution >= 4 is 17.3 Å². The van der Waals surface area contributed by atoms with Gasteiger partial charge in [0.2, 0.25) is 0 Å². The zero-order valence-electron chi connectivity index (χ0n) is 24.6. The Labute approximate surface area is 245 Å². The smallest absolute Gasteiger partial charge is 0.329 e. The van der Waals surface area contributed by atoms with Crippen molar-refractivity contribution in [2.45, 2.75) is 83.5 Å². The van der Waals surface area contributed by atoms with Crippen molar-refractivity contribution in [1.29, 1.82) is 0 Å². The molecule has 0 saturated carbocycles. The van der Waals surface area contributed by atoms with E-state index in [0.29, 0.717) is 38.5 Å². The van der Waals surface area contributed by atoms with E-state index in [1.165, 1.54) is 26.0 Å². The maximum absolute atomic E-state index is 15.8. The molecule has 0 bridgehead atoms. The number of carbonyl (C=O) groups is 2. The summed E-state index contributed by atoms with van der Waals surface area (Å²) in [6.07, 6.45) is 3.44. The van der Waals surface area contributed by atoms with Crippen LogP contribution in [0.5, 0.6) is 5.75 Å². The van der Waals surface area contributed by atoms with E-state index in [0.717, 1.165) is 22.3 Å². The van der Waals surface area contributed by atoms with Gasteiger partial charge in [0.05, 0.1) is 12.6 Å². The van der Waals surface area contributed by atoms with Gasteiger partial charge in [-0.15, -0.1) is 0 Å². The predicted octanol–water partition coefficient (Wildman–Crippen LogP) is 6.86. The normalized spacial score (nSPS) is 18.6. The Balaban J connectivity index is 1.42. The first-order chi connectivity index (χ1) is 19.9. The summed E-state index contributed by atoms with van der Waals surface area (Å²) in [6.45, 7) is 5.03. The fourth-order valence-electron chi connectivity index (χ4n) is 6.02. The Bertz CT molecular complexity index is 1300. The maximum Gasteiger partial charge on any atom is 0.329 e. The van der Waals surface area contributed by atoms with Crippen LogP contribution < -0.4 is 4.74 Å². The standard InChI is InChI=1S/C33H40F3NO5/c1-21-15-26-25-12-5-4-9-22(25)16-27(26)32(37(21)20-33(2,3)36)31-28(34)17-24(18-29(31)35)42-14-8-11-23(38)10-6-7-13-41-19-30(39)40/h4-5,9,12,17-18,21,32H,6-8,10-11,13-16,19-20H2,1-3H3,(H,39,40)/t21-,32+/m1/s1. The third-order valence-electron chi connectivity index (χ3n) is 7.81. The highest BCUT2D eigenvalue weighted by Gasteiger charge is 2.43. The second-order valence-corrected chi connectivity index (χ2v) is 11.9. The van der Waals surface area contributed by atoms with Crippen molar-refractivity contribution in [2.75, 3.05) is 26.4 Å². The van der Waals surface area contributed by atoms with Crippen LogP contribution in [-0.2, 0) is 20.7 Å². The summed E-state index contributed by atoms with van der Waals surface area (Å²) in [7, 11) is 0. The zero-order valence-corrected chi connectivity index (χ0v) is 24.6. The molecule has 0 amide bonds. The minimum absolute atomic E-state index is 0.0342. The van der Waals surface area contributed by atoms with E-state index >= 15 is 8.78 Å². The number of hydrogen-bond acceptors (Lipinski definition) is 5. The Morgan fingerprint density at radius 1 is 1.05 bits per heavy atom. The molecule has 0 saturated heterocycles. The van der Waals surface area contributed by atoms with E-state index in [9.17, 15) is 14.0 Å². The molecule has 228 valence electrons. The van der Waals surface area contributed by atoms with Crippen LogP contribution in [0.25, 0.3) is 5.57 Å². The molecule has 0 spiro atoms. The number of alkyl halides is 1. The Morgan fingerprint density at radius 2 is 1.74 bits per heavy atom. The highest BCUT2D eigenvalue weighted by atomic mass is 19.1. The molecule has 2 atom stereocenters. The lowest BCUT2D eigenvalue weighted by Crippen LogP contribution is -2.47. The summed E-state index contributed by atoms with van der Waals surface area (Å²) < 4.78 is 57.1. The molecule has 1 aliphatic heterocycles. The van der Waals surface area contributed by atoms with Crippen molar-refractivity contribution < 1.29 is 37.3 Å². The number of benzene rings is 2. The molecule has 1 heterocycles. The number of aliphatic carboxylic acids is 1. The molecule has 0 aromatic heterocycles. The molecule has 0 unspecified atom stereocenters. The number of fused-ring (bicyclic) bond motifs is 2. The van der Waals surface area contributed by atoms with E-state index in [1.807, 2.05) is 36.1 Å². The maximum atomic E-state index is 15.8. The summed E-state index contributed by atoms with van der Waals surface area (Å²) in [5, 5.41) is 8.54. The van der Waals surface area contributed by atoms with Crippen LogP contribution >= 0.6 is 0 Å². The minimum atomic E-state index is -1.56. The second-order valence-electron chi connectivity index (χ2n) is 11.9. The molecule has 1 N–H and O–H groups in total. The van der Waals surface area contributed by atoms with E-state index in [4.69, 9.17) is 14.6 Å². The number of halogens is 3. The molecule has 6 nitrogen and oxygen atoms in total. The Kier molecular flexibility index (Phi) is 10.5. The summed E-state index contributed by atoms with van der Waals surface area (Å²) in [4.78, 5) is 24.4. The van der Waals surface area contributed by atoms with E-state index < -0.39 is 29.3 Å². The van der Waals surface area contributed by atoms with E-state index in [1.54, 1.807) is 0 Å². The van der Waals surface area contributed by atoms with Gasteiger partial charge >= 0.3 is 5.97 Å². The lowest BCUT2D eigenvalue weighted by Gasteiger charge is -2.44. The SMILES string of the molecule is C[C@@H]1CC2=C(Cc3ccccc32)[C@@H](c2c(F)cc(OCCCC(=O)CCCCOCC(=O)O)cc2F)N1CC(C)(C)F. The topological polar surface area (TPSA) is 76.1 Å². The molecule has 1 aliphatic carbocycles. The van der Waals surface area contributed by atoms with Crippen molar-refractivity contribution in [1.82, 2.24) is 4.90 Å². The third-order valence-corrected chi connectivity index (χ3v) is 7.81. The lowest BCUT2D eigenvalue weighted by molar-refractivity contribution is -0.142. The van der Waals surface area contributed by atoms with Crippen LogP contribution in [0.4, 0.5) is 13.2 Å². The van der Waals surface area contributed by atoms with Gasteiger partial charge < -0.3 is 14.6 Å². The molecule has 9 heteroatoms. The van der Waals surface area contributed by atoms with Crippen LogP contribution in [0.2, 0.25) is 0 Å². The van der Waals surface area contributed by atoms with Crippen LogP contribution in [-0.4, -0.2) is 59.8 Å². The number of ketones is 1. The van der Waals surface area contributed by atoms with Gasteiger partial charge in [-0.3, -0.25) is 9.69 Å². The molecule has 2 aromatic rings. The molecule has 0 fully saturated rings. The number of nitrogens with zero attached hydrogens (tertiary/aromatic N) is 1. The number of carboxylic acid groups (broad SMARTS) is 1. The zero-order chi connectivity index (χ0) is 30.4. The predicted molar refractivity (Wildman–Crippen MR) is 154 cm³/mol. The van der Waals surface area contributed by atoms with Crippen LogP contribution in [0, 0.1) is 11.6 Å². The molecule has 0 radical (unpaired) electrons.